The zero-order chi connectivity index (χ0) is 14.0. The number of carbonyl (C=O) groups excluding carboxylic acids is 1. The van der Waals surface area contributed by atoms with E-state index in [-0.39, 0.29) is 15.5 Å². The molecule has 0 saturated carbocycles. The quantitative estimate of drug-likeness (QED) is 0.787. The van der Waals surface area contributed by atoms with Gasteiger partial charge in [-0.1, -0.05) is 6.07 Å². The van der Waals surface area contributed by atoms with Crippen LogP contribution in [0.1, 0.15) is 10.4 Å². The van der Waals surface area contributed by atoms with Crippen molar-refractivity contribution in [2.24, 2.45) is 5.73 Å². The summed E-state index contributed by atoms with van der Waals surface area (Å²) < 4.78 is 26.5. The Labute approximate surface area is 114 Å². The van der Waals surface area contributed by atoms with Crippen LogP contribution in [0.3, 0.4) is 0 Å². The first-order valence-electron chi connectivity index (χ1n) is 5.15. The van der Waals surface area contributed by atoms with E-state index in [9.17, 15) is 13.2 Å². The van der Waals surface area contributed by atoms with Crippen molar-refractivity contribution in [2.45, 2.75) is 4.21 Å². The highest BCUT2D eigenvalue weighted by Crippen LogP contribution is 2.24. The van der Waals surface area contributed by atoms with Gasteiger partial charge in [0.25, 0.3) is 10.0 Å². The van der Waals surface area contributed by atoms with Crippen LogP contribution in [0, 0.1) is 0 Å². The number of anilines is 2. The lowest BCUT2D eigenvalue weighted by molar-refractivity contribution is 0.100. The second-order valence-electron chi connectivity index (χ2n) is 3.75. The van der Waals surface area contributed by atoms with E-state index in [1.165, 1.54) is 29.6 Å². The molecule has 6 nitrogen and oxygen atoms in total. The highest BCUT2D eigenvalue weighted by atomic mass is 32.2. The fourth-order valence-corrected chi connectivity index (χ4v) is 3.54. The molecule has 1 aromatic carbocycles. The summed E-state index contributed by atoms with van der Waals surface area (Å²) in [7, 11) is -3.70. The number of amides is 1. The van der Waals surface area contributed by atoms with Crippen molar-refractivity contribution in [2.75, 3.05) is 10.5 Å². The summed E-state index contributed by atoms with van der Waals surface area (Å²) >= 11 is 1.02. The molecular formula is C11H11N3O3S2. The van der Waals surface area contributed by atoms with Gasteiger partial charge in [0.1, 0.15) is 4.21 Å². The van der Waals surface area contributed by atoms with Gasteiger partial charge in [-0.3, -0.25) is 9.52 Å². The Hall–Kier alpha value is -2.06. The van der Waals surface area contributed by atoms with E-state index in [0.29, 0.717) is 5.69 Å². The van der Waals surface area contributed by atoms with E-state index in [0.717, 1.165) is 11.3 Å². The molecule has 0 bridgehead atoms. The molecule has 0 aliphatic heterocycles. The molecule has 0 aliphatic rings. The average Bonchev–Trinajstić information content (AvgIpc) is 2.76. The summed E-state index contributed by atoms with van der Waals surface area (Å²) in [6, 6.07) is 7.31. The van der Waals surface area contributed by atoms with E-state index >= 15 is 0 Å². The molecule has 0 radical (unpaired) electrons. The van der Waals surface area contributed by atoms with E-state index in [2.05, 4.69) is 4.72 Å². The molecule has 0 fully saturated rings. The van der Waals surface area contributed by atoms with Crippen molar-refractivity contribution in [1.82, 2.24) is 0 Å². The molecule has 2 aromatic rings. The van der Waals surface area contributed by atoms with Crippen LogP contribution in [0.2, 0.25) is 0 Å². The zero-order valence-electron chi connectivity index (χ0n) is 9.66. The fourth-order valence-electron chi connectivity index (χ4n) is 1.41. The summed E-state index contributed by atoms with van der Waals surface area (Å²) in [5.74, 6) is -0.624. The summed E-state index contributed by atoms with van der Waals surface area (Å²) in [5, 5.41) is 1.54. The van der Waals surface area contributed by atoms with Crippen LogP contribution in [0.5, 0.6) is 0 Å². The van der Waals surface area contributed by atoms with Gasteiger partial charge in [-0.05, 0) is 24.3 Å². The number of primary amides is 1. The number of nitrogen functional groups attached to an aromatic ring is 1. The zero-order valence-corrected chi connectivity index (χ0v) is 11.3. The Bertz CT molecular complexity index is 722. The second kappa shape index (κ2) is 4.90. The van der Waals surface area contributed by atoms with Gasteiger partial charge in [-0.15, -0.1) is 11.3 Å². The number of nitrogens with one attached hydrogen (secondary N) is 1. The number of sulfonamides is 1. The number of rotatable bonds is 4. The highest BCUT2D eigenvalue weighted by Gasteiger charge is 2.16. The van der Waals surface area contributed by atoms with Gasteiger partial charge < -0.3 is 11.5 Å². The van der Waals surface area contributed by atoms with Crippen molar-refractivity contribution < 1.29 is 13.2 Å². The van der Waals surface area contributed by atoms with Gasteiger partial charge in [-0.2, -0.15) is 0 Å². The van der Waals surface area contributed by atoms with Crippen LogP contribution >= 0.6 is 11.3 Å². The number of carbonyl (C=O) groups is 1. The first kappa shape index (κ1) is 13.4. The van der Waals surface area contributed by atoms with E-state index in [4.69, 9.17) is 11.5 Å². The molecule has 1 heterocycles. The summed E-state index contributed by atoms with van der Waals surface area (Å²) in [6.45, 7) is 0. The smallest absolute Gasteiger partial charge is 0.271 e. The fraction of sp³-hybridized carbons (Fsp3) is 0. The number of nitrogens with two attached hydrogens (primary N) is 2. The molecule has 0 aliphatic carbocycles. The van der Waals surface area contributed by atoms with Crippen LogP contribution in [0.4, 0.5) is 11.4 Å². The van der Waals surface area contributed by atoms with Crippen LogP contribution < -0.4 is 16.2 Å². The lowest BCUT2D eigenvalue weighted by Gasteiger charge is -2.06. The first-order valence-corrected chi connectivity index (χ1v) is 7.51. The van der Waals surface area contributed by atoms with Crippen molar-refractivity contribution in [1.29, 1.82) is 0 Å². The van der Waals surface area contributed by atoms with Gasteiger partial charge in [0.15, 0.2) is 0 Å². The number of benzene rings is 1. The van der Waals surface area contributed by atoms with Gasteiger partial charge in [-0.25, -0.2) is 8.42 Å². The van der Waals surface area contributed by atoms with Crippen LogP contribution in [0.25, 0.3) is 0 Å². The van der Waals surface area contributed by atoms with Crippen molar-refractivity contribution >= 4 is 38.6 Å². The molecule has 0 unspecified atom stereocenters. The van der Waals surface area contributed by atoms with Gasteiger partial charge in [0, 0.05) is 22.3 Å². The molecule has 8 heteroatoms. The number of hydrogen-bond acceptors (Lipinski definition) is 5. The predicted octanol–water partition coefficient (Wildman–Crippen LogP) is 1.23. The number of thiophene rings is 1. The average molecular weight is 297 g/mol. The van der Waals surface area contributed by atoms with Crippen LogP contribution in [-0.2, 0) is 10.0 Å². The predicted molar refractivity (Wildman–Crippen MR) is 74.5 cm³/mol. The van der Waals surface area contributed by atoms with Crippen LogP contribution in [0.15, 0.2) is 39.9 Å². The van der Waals surface area contributed by atoms with Crippen molar-refractivity contribution in [3.63, 3.8) is 0 Å². The molecule has 0 saturated heterocycles. The Morgan fingerprint density at radius 3 is 2.58 bits per heavy atom. The Balaban J connectivity index is 2.30. The van der Waals surface area contributed by atoms with E-state index in [1.807, 2.05) is 0 Å². The third kappa shape index (κ3) is 3.04. The molecule has 19 heavy (non-hydrogen) atoms. The van der Waals surface area contributed by atoms with Gasteiger partial charge >= 0.3 is 0 Å². The minimum Gasteiger partial charge on any atom is -0.398 e. The van der Waals surface area contributed by atoms with E-state index in [1.54, 1.807) is 6.07 Å². The third-order valence-electron chi connectivity index (χ3n) is 2.26. The third-order valence-corrected chi connectivity index (χ3v) is 5.10. The van der Waals surface area contributed by atoms with Crippen molar-refractivity contribution in [3.8, 4) is 0 Å². The first-order chi connectivity index (χ1) is 8.88. The standard InChI is InChI=1S/C11H11N3O3S2/c12-8-5-10(18-6-8)19(16,17)14-9-3-1-2-7(4-9)11(13)15/h1-6,14H,12H2,(H2,13,15). The summed E-state index contributed by atoms with van der Waals surface area (Å²) in [4.78, 5) is 11.0. The molecule has 0 atom stereocenters. The van der Waals surface area contributed by atoms with Gasteiger partial charge in [0.05, 0.1) is 0 Å². The molecule has 5 N–H and O–H groups in total. The lowest BCUT2D eigenvalue weighted by Crippen LogP contribution is -2.14. The topological polar surface area (TPSA) is 115 Å². The van der Waals surface area contributed by atoms with Gasteiger partial charge in [0.2, 0.25) is 5.91 Å². The maximum absolute atomic E-state index is 12.0. The van der Waals surface area contributed by atoms with Crippen molar-refractivity contribution in [3.05, 3.63) is 41.3 Å². The molecule has 2 rings (SSSR count). The molecule has 0 spiro atoms. The summed E-state index contributed by atoms with van der Waals surface area (Å²) in [5.41, 5.74) is 11.5. The van der Waals surface area contributed by atoms with Crippen LogP contribution in [-0.4, -0.2) is 14.3 Å². The minimum atomic E-state index is -3.70. The monoisotopic (exact) mass is 297 g/mol. The normalized spacial score (nSPS) is 11.2. The molecule has 100 valence electrons. The SMILES string of the molecule is NC(=O)c1cccc(NS(=O)(=O)c2cc(N)cs2)c1. The Morgan fingerprint density at radius 2 is 2.00 bits per heavy atom. The minimum absolute atomic E-state index is 0.106. The maximum atomic E-state index is 12.0. The molecule has 1 amide bonds. The largest absolute Gasteiger partial charge is 0.398 e. The molecular weight excluding hydrogens is 286 g/mol. The Morgan fingerprint density at radius 1 is 1.26 bits per heavy atom. The highest BCUT2D eigenvalue weighted by molar-refractivity contribution is 7.94. The lowest BCUT2D eigenvalue weighted by atomic mass is 10.2. The molecule has 1 aromatic heterocycles. The van der Waals surface area contributed by atoms with E-state index < -0.39 is 15.9 Å². The number of hydrogen-bond donors (Lipinski definition) is 3. The summed E-state index contributed by atoms with van der Waals surface area (Å²) in [6.07, 6.45) is 0. The maximum Gasteiger partial charge on any atom is 0.271 e. The second-order valence-corrected chi connectivity index (χ2v) is 6.57. The Kier molecular flexibility index (Phi) is 3.45.